The number of rotatable bonds is 9. The average molecular weight is 335 g/mol. The number of hydrogen-bond acceptors (Lipinski definition) is 5. The molecule has 6 heteroatoms. The zero-order chi connectivity index (χ0) is 17.2. The molecule has 24 heavy (non-hydrogen) atoms. The minimum Gasteiger partial charge on any atom is -0.492 e. The van der Waals surface area contributed by atoms with Gasteiger partial charge in [-0.25, -0.2) is 0 Å². The summed E-state index contributed by atoms with van der Waals surface area (Å²) in [6, 6.07) is 7.88. The maximum Gasteiger partial charge on any atom is 0.220 e. The number of para-hydroxylation sites is 1. The highest BCUT2D eigenvalue weighted by Crippen LogP contribution is 2.17. The smallest absolute Gasteiger partial charge is 0.220 e. The molecular weight excluding hydrogens is 306 g/mol. The number of nitrogens with one attached hydrogen (secondary N) is 1. The lowest BCUT2D eigenvalue weighted by atomic mass is 10.1. The first-order valence-electron chi connectivity index (χ1n) is 8.68. The fraction of sp³-hybridized carbons (Fsp3) is 0.611. The topological polar surface area (TPSA) is 76.8 Å². The highest BCUT2D eigenvalue weighted by Gasteiger charge is 2.11. The van der Waals surface area contributed by atoms with Crippen LogP contribution in [0.5, 0.6) is 5.75 Å². The van der Waals surface area contributed by atoms with Crippen LogP contribution in [0.4, 0.5) is 0 Å². The number of morpholine rings is 1. The SMILES string of the molecule is CC(N)CCC(=O)NCc1ccccc1OCCN1CCOCC1. The molecule has 0 spiro atoms. The van der Waals surface area contributed by atoms with Gasteiger partial charge in [0.05, 0.1) is 13.2 Å². The Morgan fingerprint density at radius 3 is 2.88 bits per heavy atom. The predicted octanol–water partition coefficient (Wildman–Crippen LogP) is 1.14. The molecule has 1 fully saturated rings. The lowest BCUT2D eigenvalue weighted by Crippen LogP contribution is -2.38. The van der Waals surface area contributed by atoms with Gasteiger partial charge < -0.3 is 20.5 Å². The third-order valence-electron chi connectivity index (χ3n) is 4.04. The number of carbonyl (C=O) groups excluding carboxylic acids is 1. The fourth-order valence-electron chi connectivity index (χ4n) is 2.54. The van der Waals surface area contributed by atoms with Crippen LogP contribution in [-0.2, 0) is 16.1 Å². The first kappa shape index (κ1) is 18.7. The van der Waals surface area contributed by atoms with Crippen LogP contribution in [0.3, 0.4) is 0 Å². The summed E-state index contributed by atoms with van der Waals surface area (Å²) in [5, 5.41) is 2.93. The van der Waals surface area contributed by atoms with E-state index >= 15 is 0 Å². The van der Waals surface area contributed by atoms with Gasteiger partial charge in [0.25, 0.3) is 0 Å². The quantitative estimate of drug-likeness (QED) is 0.708. The second-order valence-electron chi connectivity index (χ2n) is 6.20. The molecule has 1 amide bonds. The van der Waals surface area contributed by atoms with Gasteiger partial charge in [-0.3, -0.25) is 9.69 Å². The molecule has 0 saturated carbocycles. The minimum atomic E-state index is 0.0235. The Balaban J connectivity index is 1.75. The van der Waals surface area contributed by atoms with E-state index in [-0.39, 0.29) is 11.9 Å². The summed E-state index contributed by atoms with van der Waals surface area (Å²) < 4.78 is 11.3. The third kappa shape index (κ3) is 6.86. The van der Waals surface area contributed by atoms with Gasteiger partial charge in [-0.2, -0.15) is 0 Å². The fourth-order valence-corrected chi connectivity index (χ4v) is 2.54. The molecule has 134 valence electrons. The van der Waals surface area contributed by atoms with Gasteiger partial charge in [0, 0.05) is 44.2 Å². The van der Waals surface area contributed by atoms with E-state index in [1.54, 1.807) is 0 Å². The van der Waals surface area contributed by atoms with Crippen molar-refractivity contribution in [3.63, 3.8) is 0 Å². The van der Waals surface area contributed by atoms with Crippen LogP contribution in [0.2, 0.25) is 0 Å². The van der Waals surface area contributed by atoms with E-state index in [1.807, 2.05) is 31.2 Å². The summed E-state index contributed by atoms with van der Waals surface area (Å²) in [6.07, 6.45) is 1.15. The molecule has 1 unspecified atom stereocenters. The van der Waals surface area contributed by atoms with E-state index in [9.17, 15) is 4.79 Å². The van der Waals surface area contributed by atoms with Crippen LogP contribution in [0.25, 0.3) is 0 Å². The Hall–Kier alpha value is -1.63. The number of amides is 1. The Morgan fingerprint density at radius 2 is 2.12 bits per heavy atom. The molecule has 1 aliphatic heterocycles. The highest BCUT2D eigenvalue weighted by atomic mass is 16.5. The van der Waals surface area contributed by atoms with Gasteiger partial charge in [-0.1, -0.05) is 18.2 Å². The summed E-state index contributed by atoms with van der Waals surface area (Å²) in [6.45, 7) is 7.42. The zero-order valence-electron chi connectivity index (χ0n) is 14.5. The second-order valence-corrected chi connectivity index (χ2v) is 6.20. The molecule has 0 radical (unpaired) electrons. The van der Waals surface area contributed by atoms with Crippen LogP contribution in [0.15, 0.2) is 24.3 Å². The van der Waals surface area contributed by atoms with E-state index in [1.165, 1.54) is 0 Å². The Morgan fingerprint density at radius 1 is 1.38 bits per heavy atom. The number of benzene rings is 1. The highest BCUT2D eigenvalue weighted by molar-refractivity contribution is 5.75. The molecule has 1 heterocycles. The zero-order valence-corrected chi connectivity index (χ0v) is 14.5. The van der Waals surface area contributed by atoms with E-state index in [2.05, 4.69) is 10.2 Å². The number of ether oxygens (including phenoxy) is 2. The normalized spacial score (nSPS) is 16.6. The molecule has 1 atom stereocenters. The van der Waals surface area contributed by atoms with Crippen LogP contribution in [-0.4, -0.2) is 56.3 Å². The molecule has 1 aromatic carbocycles. The number of nitrogens with zero attached hydrogens (tertiary/aromatic N) is 1. The van der Waals surface area contributed by atoms with Gasteiger partial charge in [-0.05, 0) is 19.4 Å². The molecule has 2 rings (SSSR count). The van der Waals surface area contributed by atoms with Crippen molar-refractivity contribution in [2.24, 2.45) is 5.73 Å². The average Bonchev–Trinajstić information content (AvgIpc) is 2.60. The van der Waals surface area contributed by atoms with E-state index < -0.39 is 0 Å². The van der Waals surface area contributed by atoms with Crippen LogP contribution >= 0.6 is 0 Å². The summed E-state index contributed by atoms with van der Waals surface area (Å²) in [4.78, 5) is 14.2. The van der Waals surface area contributed by atoms with E-state index in [4.69, 9.17) is 15.2 Å². The molecule has 6 nitrogen and oxygen atoms in total. The van der Waals surface area contributed by atoms with Crippen LogP contribution in [0.1, 0.15) is 25.3 Å². The minimum absolute atomic E-state index is 0.0235. The van der Waals surface area contributed by atoms with Crippen molar-refractivity contribution in [3.8, 4) is 5.75 Å². The monoisotopic (exact) mass is 335 g/mol. The standard InChI is InChI=1S/C18H29N3O3/c1-15(19)6-7-18(22)20-14-16-4-2-3-5-17(16)24-13-10-21-8-11-23-12-9-21/h2-5,15H,6-14,19H2,1H3,(H,20,22). The van der Waals surface area contributed by atoms with Crippen LogP contribution < -0.4 is 15.8 Å². The van der Waals surface area contributed by atoms with Crippen molar-refractivity contribution >= 4 is 5.91 Å². The molecular formula is C18H29N3O3. The maximum atomic E-state index is 11.8. The summed E-state index contributed by atoms with van der Waals surface area (Å²) in [5.41, 5.74) is 6.67. The summed E-state index contributed by atoms with van der Waals surface area (Å²) in [5.74, 6) is 0.855. The Bertz CT molecular complexity index is 502. The van der Waals surface area contributed by atoms with Gasteiger partial charge in [0.15, 0.2) is 0 Å². The number of hydrogen-bond donors (Lipinski definition) is 2. The first-order chi connectivity index (χ1) is 11.6. The first-order valence-corrected chi connectivity index (χ1v) is 8.68. The summed E-state index contributed by atoms with van der Waals surface area (Å²) in [7, 11) is 0. The Labute approximate surface area is 144 Å². The number of nitrogens with two attached hydrogens (primary N) is 1. The van der Waals surface area contributed by atoms with E-state index in [0.29, 0.717) is 26.0 Å². The second kappa shape index (κ2) is 10.3. The van der Waals surface area contributed by atoms with Gasteiger partial charge in [0.1, 0.15) is 12.4 Å². The molecule has 0 aliphatic carbocycles. The van der Waals surface area contributed by atoms with Gasteiger partial charge in [0.2, 0.25) is 5.91 Å². The predicted molar refractivity (Wildman–Crippen MR) is 93.9 cm³/mol. The molecule has 0 bridgehead atoms. The third-order valence-corrected chi connectivity index (χ3v) is 4.04. The van der Waals surface area contributed by atoms with Gasteiger partial charge in [-0.15, -0.1) is 0 Å². The van der Waals surface area contributed by atoms with Crippen molar-refractivity contribution in [1.82, 2.24) is 10.2 Å². The van der Waals surface area contributed by atoms with Crippen molar-refractivity contribution in [2.75, 3.05) is 39.5 Å². The van der Waals surface area contributed by atoms with Crippen molar-refractivity contribution in [1.29, 1.82) is 0 Å². The van der Waals surface area contributed by atoms with Crippen molar-refractivity contribution in [3.05, 3.63) is 29.8 Å². The molecule has 1 saturated heterocycles. The van der Waals surface area contributed by atoms with Crippen molar-refractivity contribution < 1.29 is 14.3 Å². The number of carbonyl (C=O) groups is 1. The van der Waals surface area contributed by atoms with Crippen molar-refractivity contribution in [2.45, 2.75) is 32.4 Å². The molecule has 3 N–H and O–H groups in total. The Kier molecular flexibility index (Phi) is 8.01. The van der Waals surface area contributed by atoms with E-state index in [0.717, 1.165) is 44.2 Å². The lowest BCUT2D eigenvalue weighted by molar-refractivity contribution is -0.121. The van der Waals surface area contributed by atoms with Crippen LogP contribution in [0, 0.1) is 0 Å². The van der Waals surface area contributed by atoms with Gasteiger partial charge >= 0.3 is 0 Å². The summed E-state index contributed by atoms with van der Waals surface area (Å²) >= 11 is 0. The lowest BCUT2D eigenvalue weighted by Gasteiger charge is -2.26. The molecule has 0 aromatic heterocycles. The maximum absolute atomic E-state index is 11.8. The largest absolute Gasteiger partial charge is 0.492 e. The molecule has 1 aliphatic rings. The molecule has 1 aromatic rings.